The predicted octanol–water partition coefficient (Wildman–Crippen LogP) is 1.53. The predicted molar refractivity (Wildman–Crippen MR) is 63.0 cm³/mol. The Bertz CT molecular complexity index is 284. The van der Waals surface area contributed by atoms with Crippen LogP contribution >= 0.6 is 0 Å². The van der Waals surface area contributed by atoms with Crippen molar-refractivity contribution < 1.29 is 4.74 Å². The summed E-state index contributed by atoms with van der Waals surface area (Å²) in [5.41, 5.74) is 6.29. The lowest BCUT2D eigenvalue weighted by molar-refractivity contribution is 0.203. The van der Waals surface area contributed by atoms with Crippen LogP contribution in [0.3, 0.4) is 0 Å². The largest absolute Gasteiger partial charge is 0.397 e. The molecule has 0 saturated carbocycles. The molecular weight excluding hydrogens is 190 g/mol. The number of nitrogens with zero attached hydrogens (tertiary/aromatic N) is 2. The first-order valence-corrected chi connectivity index (χ1v) is 5.12. The molecule has 0 unspecified atom stereocenters. The van der Waals surface area contributed by atoms with Crippen LogP contribution in [-0.4, -0.2) is 31.3 Å². The molecule has 2 N–H and O–H groups in total. The van der Waals surface area contributed by atoms with E-state index in [1.165, 1.54) is 0 Å². The van der Waals surface area contributed by atoms with Crippen LogP contribution in [0.2, 0.25) is 0 Å². The first kappa shape index (κ1) is 11.8. The third-order valence-electron chi connectivity index (χ3n) is 2.22. The van der Waals surface area contributed by atoms with Gasteiger partial charge in [0, 0.05) is 19.7 Å². The molecule has 1 aromatic rings. The summed E-state index contributed by atoms with van der Waals surface area (Å²) in [6.07, 6.45) is 1.68. The minimum atomic E-state index is 0.399. The first-order valence-electron chi connectivity index (χ1n) is 5.12. The highest BCUT2D eigenvalue weighted by Crippen LogP contribution is 2.14. The number of aromatic nitrogens is 1. The Kier molecular flexibility index (Phi) is 4.37. The van der Waals surface area contributed by atoms with E-state index in [0.29, 0.717) is 18.3 Å². The molecule has 4 heteroatoms. The maximum Gasteiger partial charge on any atom is 0.128 e. The number of anilines is 2. The van der Waals surface area contributed by atoms with E-state index in [-0.39, 0.29) is 0 Å². The van der Waals surface area contributed by atoms with Crippen molar-refractivity contribution in [2.45, 2.75) is 19.9 Å². The van der Waals surface area contributed by atoms with Crippen molar-refractivity contribution in [3.63, 3.8) is 0 Å². The van der Waals surface area contributed by atoms with Crippen LogP contribution in [0, 0.1) is 0 Å². The number of methoxy groups -OCH3 is 1. The summed E-state index contributed by atoms with van der Waals surface area (Å²) in [6.45, 7) is 5.80. The Hall–Kier alpha value is -1.29. The summed E-state index contributed by atoms with van der Waals surface area (Å²) in [4.78, 5) is 6.48. The van der Waals surface area contributed by atoms with Gasteiger partial charge in [0.2, 0.25) is 0 Å². The van der Waals surface area contributed by atoms with Gasteiger partial charge in [-0.15, -0.1) is 0 Å². The number of pyridine rings is 1. The van der Waals surface area contributed by atoms with Crippen LogP contribution in [0.15, 0.2) is 18.3 Å². The molecule has 84 valence electrons. The summed E-state index contributed by atoms with van der Waals surface area (Å²) in [7, 11) is 1.70. The van der Waals surface area contributed by atoms with E-state index in [1.54, 1.807) is 13.3 Å². The van der Waals surface area contributed by atoms with Crippen LogP contribution in [-0.2, 0) is 4.74 Å². The molecule has 1 rings (SSSR count). The fourth-order valence-electron chi connectivity index (χ4n) is 1.39. The molecule has 1 heterocycles. The molecular formula is C11H19N3O. The molecule has 15 heavy (non-hydrogen) atoms. The molecule has 0 spiro atoms. The van der Waals surface area contributed by atoms with E-state index in [2.05, 4.69) is 23.7 Å². The van der Waals surface area contributed by atoms with E-state index in [1.807, 2.05) is 12.1 Å². The Labute approximate surface area is 91.1 Å². The highest BCUT2D eigenvalue weighted by molar-refractivity contribution is 5.46. The number of nitrogen functional groups attached to an aromatic ring is 1. The third kappa shape index (κ3) is 3.40. The Morgan fingerprint density at radius 3 is 2.67 bits per heavy atom. The van der Waals surface area contributed by atoms with Crippen LogP contribution in [0.25, 0.3) is 0 Å². The first-order chi connectivity index (χ1) is 7.15. The second-order valence-electron chi connectivity index (χ2n) is 3.73. The second-order valence-corrected chi connectivity index (χ2v) is 3.73. The quantitative estimate of drug-likeness (QED) is 0.799. The smallest absolute Gasteiger partial charge is 0.128 e. The number of ether oxygens (including phenoxy) is 1. The van der Waals surface area contributed by atoms with Crippen LogP contribution in [0.4, 0.5) is 11.5 Å². The van der Waals surface area contributed by atoms with Crippen molar-refractivity contribution in [2.24, 2.45) is 0 Å². The molecule has 0 saturated heterocycles. The monoisotopic (exact) mass is 209 g/mol. The Balaban J connectivity index is 2.74. The lowest BCUT2D eigenvalue weighted by Gasteiger charge is -2.27. The minimum Gasteiger partial charge on any atom is -0.397 e. The van der Waals surface area contributed by atoms with E-state index in [9.17, 15) is 0 Å². The standard InChI is InChI=1S/C11H19N3O/c1-9(2)14(6-7-15-3)11-5-4-10(12)8-13-11/h4-5,8-9H,6-7,12H2,1-3H3. The van der Waals surface area contributed by atoms with Crippen molar-refractivity contribution in [3.05, 3.63) is 18.3 Å². The lowest BCUT2D eigenvalue weighted by atomic mass is 10.3. The van der Waals surface area contributed by atoms with Crippen molar-refractivity contribution >= 4 is 11.5 Å². The lowest BCUT2D eigenvalue weighted by Crippen LogP contribution is -2.34. The molecule has 0 atom stereocenters. The zero-order valence-corrected chi connectivity index (χ0v) is 9.60. The zero-order chi connectivity index (χ0) is 11.3. The van der Waals surface area contributed by atoms with Gasteiger partial charge in [-0.1, -0.05) is 0 Å². The van der Waals surface area contributed by atoms with Crippen LogP contribution < -0.4 is 10.6 Å². The summed E-state index contributed by atoms with van der Waals surface area (Å²) in [6, 6.07) is 4.20. The van der Waals surface area contributed by atoms with Crippen molar-refractivity contribution in [2.75, 3.05) is 30.9 Å². The Morgan fingerprint density at radius 1 is 1.47 bits per heavy atom. The fourth-order valence-corrected chi connectivity index (χ4v) is 1.39. The van der Waals surface area contributed by atoms with E-state index in [4.69, 9.17) is 10.5 Å². The van der Waals surface area contributed by atoms with Gasteiger partial charge in [-0.2, -0.15) is 0 Å². The topological polar surface area (TPSA) is 51.4 Å². The van der Waals surface area contributed by atoms with Gasteiger partial charge >= 0.3 is 0 Å². The fraction of sp³-hybridized carbons (Fsp3) is 0.545. The molecule has 0 amide bonds. The highest BCUT2D eigenvalue weighted by Gasteiger charge is 2.10. The van der Waals surface area contributed by atoms with Crippen LogP contribution in [0.5, 0.6) is 0 Å². The second kappa shape index (κ2) is 5.56. The van der Waals surface area contributed by atoms with E-state index >= 15 is 0 Å². The molecule has 4 nitrogen and oxygen atoms in total. The molecule has 0 aliphatic carbocycles. The van der Waals surface area contributed by atoms with Gasteiger partial charge in [-0.05, 0) is 26.0 Å². The van der Waals surface area contributed by atoms with Gasteiger partial charge in [0.05, 0.1) is 18.5 Å². The molecule has 0 fully saturated rings. The molecule has 0 bridgehead atoms. The zero-order valence-electron chi connectivity index (χ0n) is 9.60. The molecule has 0 radical (unpaired) electrons. The average molecular weight is 209 g/mol. The van der Waals surface area contributed by atoms with Gasteiger partial charge in [0.15, 0.2) is 0 Å². The number of rotatable bonds is 5. The summed E-state index contributed by atoms with van der Waals surface area (Å²) < 4.78 is 5.07. The normalized spacial score (nSPS) is 10.7. The number of hydrogen-bond donors (Lipinski definition) is 1. The van der Waals surface area contributed by atoms with Gasteiger partial charge < -0.3 is 15.4 Å². The summed E-state index contributed by atoms with van der Waals surface area (Å²) >= 11 is 0. The summed E-state index contributed by atoms with van der Waals surface area (Å²) in [5, 5.41) is 0. The van der Waals surface area contributed by atoms with E-state index < -0.39 is 0 Å². The third-order valence-corrected chi connectivity index (χ3v) is 2.22. The average Bonchev–Trinajstić information content (AvgIpc) is 2.21. The van der Waals surface area contributed by atoms with Crippen molar-refractivity contribution in [1.82, 2.24) is 4.98 Å². The van der Waals surface area contributed by atoms with Crippen molar-refractivity contribution in [1.29, 1.82) is 0 Å². The maximum absolute atomic E-state index is 5.60. The summed E-state index contributed by atoms with van der Waals surface area (Å²) in [5.74, 6) is 0.941. The van der Waals surface area contributed by atoms with Crippen molar-refractivity contribution in [3.8, 4) is 0 Å². The molecule has 0 aliphatic heterocycles. The molecule has 0 aromatic carbocycles. The van der Waals surface area contributed by atoms with Gasteiger partial charge in [-0.3, -0.25) is 0 Å². The van der Waals surface area contributed by atoms with Gasteiger partial charge in [0.1, 0.15) is 5.82 Å². The van der Waals surface area contributed by atoms with Crippen LogP contribution in [0.1, 0.15) is 13.8 Å². The molecule has 0 aliphatic rings. The maximum atomic E-state index is 5.60. The minimum absolute atomic E-state index is 0.399. The SMILES string of the molecule is COCCN(c1ccc(N)cn1)C(C)C. The molecule has 1 aromatic heterocycles. The number of hydrogen-bond acceptors (Lipinski definition) is 4. The van der Waals surface area contributed by atoms with Gasteiger partial charge in [-0.25, -0.2) is 4.98 Å². The highest BCUT2D eigenvalue weighted by atomic mass is 16.5. The Morgan fingerprint density at radius 2 is 2.20 bits per heavy atom. The van der Waals surface area contributed by atoms with E-state index in [0.717, 1.165) is 12.4 Å². The van der Waals surface area contributed by atoms with Gasteiger partial charge in [0.25, 0.3) is 0 Å². The number of nitrogens with two attached hydrogens (primary N) is 1.